The molecular formula is C12H16ClN3O2. The summed E-state index contributed by atoms with van der Waals surface area (Å²) >= 11 is 5.75. The summed E-state index contributed by atoms with van der Waals surface area (Å²) in [4.78, 5) is 23.0. The number of hydrogen-bond acceptors (Lipinski definition) is 3. The van der Waals surface area contributed by atoms with Gasteiger partial charge in [0.2, 0.25) is 5.91 Å². The van der Waals surface area contributed by atoms with Gasteiger partial charge < -0.3 is 16.4 Å². The van der Waals surface area contributed by atoms with E-state index in [-0.39, 0.29) is 18.4 Å². The quantitative estimate of drug-likeness (QED) is 0.702. The minimum absolute atomic E-state index is 0.0542. The topological polar surface area (TPSA) is 84.2 Å². The van der Waals surface area contributed by atoms with Crippen molar-refractivity contribution in [3.8, 4) is 0 Å². The van der Waals surface area contributed by atoms with E-state index in [1.54, 1.807) is 12.1 Å². The Hall–Kier alpha value is -1.75. The van der Waals surface area contributed by atoms with Gasteiger partial charge in [-0.15, -0.1) is 0 Å². The van der Waals surface area contributed by atoms with Crippen LogP contribution in [0.5, 0.6) is 0 Å². The second-order valence-corrected chi connectivity index (χ2v) is 4.18. The molecule has 0 aromatic heterocycles. The molecule has 1 rings (SSSR count). The number of hydrogen-bond donors (Lipinski definition) is 3. The Morgan fingerprint density at radius 1 is 1.33 bits per heavy atom. The van der Waals surface area contributed by atoms with E-state index in [0.29, 0.717) is 22.8 Å². The van der Waals surface area contributed by atoms with Crippen molar-refractivity contribution in [2.75, 3.05) is 18.8 Å². The van der Waals surface area contributed by atoms with E-state index in [0.717, 1.165) is 6.42 Å². The van der Waals surface area contributed by atoms with Crippen molar-refractivity contribution in [3.05, 3.63) is 28.8 Å². The third-order valence-electron chi connectivity index (χ3n) is 2.24. The molecule has 0 bridgehead atoms. The molecule has 0 heterocycles. The summed E-state index contributed by atoms with van der Waals surface area (Å²) in [5.41, 5.74) is 6.30. The van der Waals surface area contributed by atoms with Crippen LogP contribution in [0.1, 0.15) is 23.7 Å². The molecular weight excluding hydrogens is 254 g/mol. The van der Waals surface area contributed by atoms with Crippen LogP contribution in [0.25, 0.3) is 0 Å². The summed E-state index contributed by atoms with van der Waals surface area (Å²) in [6.07, 6.45) is 0.855. The van der Waals surface area contributed by atoms with Crippen LogP contribution in [0.15, 0.2) is 18.2 Å². The smallest absolute Gasteiger partial charge is 0.251 e. The van der Waals surface area contributed by atoms with Crippen molar-refractivity contribution in [1.29, 1.82) is 0 Å². The number of nitrogens with one attached hydrogen (secondary N) is 2. The maximum absolute atomic E-state index is 11.7. The van der Waals surface area contributed by atoms with E-state index in [1.165, 1.54) is 6.07 Å². The zero-order valence-corrected chi connectivity index (χ0v) is 10.9. The first kappa shape index (κ1) is 14.3. The van der Waals surface area contributed by atoms with Crippen molar-refractivity contribution in [1.82, 2.24) is 10.6 Å². The Morgan fingerprint density at radius 3 is 2.67 bits per heavy atom. The van der Waals surface area contributed by atoms with Gasteiger partial charge in [0.15, 0.2) is 0 Å². The highest BCUT2D eigenvalue weighted by atomic mass is 35.5. The summed E-state index contributed by atoms with van der Waals surface area (Å²) in [6, 6.07) is 4.57. The molecule has 0 unspecified atom stereocenters. The first-order valence-corrected chi connectivity index (χ1v) is 6.02. The molecule has 2 amide bonds. The highest BCUT2D eigenvalue weighted by Crippen LogP contribution is 2.19. The molecule has 0 aliphatic rings. The fourth-order valence-corrected chi connectivity index (χ4v) is 1.39. The van der Waals surface area contributed by atoms with Gasteiger partial charge in [-0.2, -0.15) is 0 Å². The number of rotatable bonds is 5. The second-order valence-electron chi connectivity index (χ2n) is 3.77. The van der Waals surface area contributed by atoms with Gasteiger partial charge in [-0.05, 0) is 24.6 Å². The molecule has 0 atom stereocenters. The van der Waals surface area contributed by atoms with E-state index < -0.39 is 0 Å². The maximum Gasteiger partial charge on any atom is 0.251 e. The first-order chi connectivity index (χ1) is 8.54. The van der Waals surface area contributed by atoms with Crippen LogP contribution >= 0.6 is 11.6 Å². The lowest BCUT2D eigenvalue weighted by Gasteiger charge is -2.07. The molecule has 98 valence electrons. The molecule has 1 aromatic rings. The van der Waals surface area contributed by atoms with E-state index in [2.05, 4.69) is 10.6 Å². The van der Waals surface area contributed by atoms with Gasteiger partial charge in [0, 0.05) is 12.1 Å². The fraction of sp³-hybridized carbons (Fsp3) is 0.333. The number of benzene rings is 1. The Bertz CT molecular complexity index is 449. The number of carbonyl (C=O) groups is 2. The normalized spacial score (nSPS) is 9.89. The van der Waals surface area contributed by atoms with Crippen LogP contribution < -0.4 is 16.4 Å². The van der Waals surface area contributed by atoms with Gasteiger partial charge in [0.05, 0.1) is 17.3 Å². The average molecular weight is 270 g/mol. The predicted octanol–water partition coefficient (Wildman–Crippen LogP) is 1.18. The molecule has 5 nitrogen and oxygen atoms in total. The van der Waals surface area contributed by atoms with Crippen molar-refractivity contribution in [2.45, 2.75) is 13.3 Å². The van der Waals surface area contributed by atoms with Crippen LogP contribution in [0.4, 0.5) is 5.69 Å². The Kier molecular flexibility index (Phi) is 5.45. The molecule has 0 aliphatic carbocycles. The summed E-state index contributed by atoms with van der Waals surface area (Å²) < 4.78 is 0. The zero-order chi connectivity index (χ0) is 13.5. The average Bonchev–Trinajstić information content (AvgIpc) is 2.36. The third kappa shape index (κ3) is 4.25. The summed E-state index contributed by atoms with van der Waals surface area (Å²) in [6.45, 7) is 2.50. The standard InChI is InChI=1S/C12H16ClN3O2/c1-2-5-15-11(17)7-16-12(18)8-3-4-9(13)10(14)6-8/h3-4,6H,2,5,7,14H2,1H3,(H,15,17)(H,16,18). The van der Waals surface area contributed by atoms with E-state index in [9.17, 15) is 9.59 Å². The summed E-state index contributed by atoms with van der Waals surface area (Å²) in [7, 11) is 0. The molecule has 0 spiro atoms. The SMILES string of the molecule is CCCNC(=O)CNC(=O)c1ccc(Cl)c(N)c1. The van der Waals surface area contributed by atoms with Gasteiger partial charge in [-0.25, -0.2) is 0 Å². The lowest BCUT2D eigenvalue weighted by Crippen LogP contribution is -2.37. The number of carbonyl (C=O) groups excluding carboxylic acids is 2. The van der Waals surface area contributed by atoms with Crippen LogP contribution in [0, 0.1) is 0 Å². The van der Waals surface area contributed by atoms with Crippen molar-refractivity contribution >= 4 is 29.1 Å². The fourth-order valence-electron chi connectivity index (χ4n) is 1.27. The van der Waals surface area contributed by atoms with E-state index in [4.69, 9.17) is 17.3 Å². The van der Waals surface area contributed by atoms with Gasteiger partial charge in [0.1, 0.15) is 0 Å². The van der Waals surface area contributed by atoms with Crippen LogP contribution in [-0.2, 0) is 4.79 Å². The first-order valence-electron chi connectivity index (χ1n) is 5.64. The predicted molar refractivity (Wildman–Crippen MR) is 71.5 cm³/mol. The van der Waals surface area contributed by atoms with Crippen molar-refractivity contribution in [3.63, 3.8) is 0 Å². The Morgan fingerprint density at radius 2 is 2.06 bits per heavy atom. The molecule has 0 radical (unpaired) electrons. The minimum atomic E-state index is -0.356. The van der Waals surface area contributed by atoms with E-state index >= 15 is 0 Å². The van der Waals surface area contributed by atoms with Crippen molar-refractivity contribution < 1.29 is 9.59 Å². The Labute approximate surface area is 111 Å². The second kappa shape index (κ2) is 6.86. The van der Waals surface area contributed by atoms with Crippen LogP contribution in [0.2, 0.25) is 5.02 Å². The van der Waals surface area contributed by atoms with Gasteiger partial charge >= 0.3 is 0 Å². The van der Waals surface area contributed by atoms with E-state index in [1.807, 2.05) is 6.92 Å². The summed E-state index contributed by atoms with van der Waals surface area (Å²) in [5.74, 6) is -0.572. The minimum Gasteiger partial charge on any atom is -0.398 e. The maximum atomic E-state index is 11.7. The van der Waals surface area contributed by atoms with Crippen molar-refractivity contribution in [2.24, 2.45) is 0 Å². The lowest BCUT2D eigenvalue weighted by molar-refractivity contribution is -0.120. The highest BCUT2D eigenvalue weighted by molar-refractivity contribution is 6.33. The Balaban J connectivity index is 2.50. The molecule has 1 aromatic carbocycles. The van der Waals surface area contributed by atoms with Crippen LogP contribution in [-0.4, -0.2) is 24.9 Å². The molecule has 0 saturated carbocycles. The number of nitrogen functional groups attached to an aromatic ring is 1. The number of anilines is 1. The largest absolute Gasteiger partial charge is 0.398 e. The molecule has 0 saturated heterocycles. The molecule has 6 heteroatoms. The molecule has 4 N–H and O–H groups in total. The summed E-state index contributed by atoms with van der Waals surface area (Å²) in [5, 5.41) is 5.56. The molecule has 0 fully saturated rings. The van der Waals surface area contributed by atoms with Gasteiger partial charge in [-0.3, -0.25) is 9.59 Å². The highest BCUT2D eigenvalue weighted by Gasteiger charge is 2.08. The zero-order valence-electron chi connectivity index (χ0n) is 10.1. The van der Waals surface area contributed by atoms with Gasteiger partial charge in [-0.1, -0.05) is 18.5 Å². The molecule has 18 heavy (non-hydrogen) atoms. The molecule has 0 aliphatic heterocycles. The van der Waals surface area contributed by atoms with Crippen LogP contribution in [0.3, 0.4) is 0 Å². The lowest BCUT2D eigenvalue weighted by atomic mass is 10.2. The van der Waals surface area contributed by atoms with Gasteiger partial charge in [0.25, 0.3) is 5.91 Å². The number of amides is 2. The monoisotopic (exact) mass is 269 g/mol. The number of nitrogens with two attached hydrogens (primary N) is 1. The third-order valence-corrected chi connectivity index (χ3v) is 2.58. The number of halogens is 1.